The molecule has 0 saturated carbocycles. The number of likely N-dealkylation sites (tertiary alicyclic amines) is 1. The fourth-order valence-corrected chi connectivity index (χ4v) is 6.55. The van der Waals surface area contributed by atoms with Crippen molar-refractivity contribution < 1.29 is 24.4 Å². The Morgan fingerprint density at radius 1 is 1.26 bits per heavy atom. The molecule has 0 spiro atoms. The number of benzene rings is 1. The van der Waals surface area contributed by atoms with Crippen LogP contribution < -0.4 is 0 Å². The standard InChI is InChI=1S/C27H35BBrNO5/c1-5-6-16(11-17-12-18(29)8-9-22(17)31)7-10-23-24-19(15(2)3)13-20-25(21(24)14-28(34)35-23)27(33)30(4)26(20)32/h8-9,11-12,15,20-21,23,25,31,34H,5-7,10,13-14H2,1-4H3/b16-11+/t20-,21+,23-,25-/m1/s1. The topological polar surface area (TPSA) is 87.1 Å². The van der Waals surface area contributed by atoms with E-state index < -0.39 is 13.0 Å². The van der Waals surface area contributed by atoms with E-state index >= 15 is 0 Å². The third kappa shape index (κ3) is 5.16. The van der Waals surface area contributed by atoms with Crippen molar-refractivity contribution >= 4 is 40.9 Å². The first-order valence-corrected chi connectivity index (χ1v) is 13.5. The van der Waals surface area contributed by atoms with Crippen LogP contribution in [0.1, 0.15) is 58.4 Å². The third-order valence-corrected chi connectivity index (χ3v) is 8.30. The second-order valence-corrected chi connectivity index (χ2v) is 11.3. The molecular weight excluding hydrogens is 509 g/mol. The van der Waals surface area contributed by atoms with Crippen LogP contribution in [0.15, 0.2) is 39.4 Å². The van der Waals surface area contributed by atoms with Gasteiger partial charge in [-0.15, -0.1) is 0 Å². The minimum atomic E-state index is -0.956. The van der Waals surface area contributed by atoms with E-state index in [0.29, 0.717) is 19.2 Å². The molecule has 0 radical (unpaired) electrons. The first-order chi connectivity index (χ1) is 16.6. The summed E-state index contributed by atoms with van der Waals surface area (Å²) in [6.45, 7) is 6.39. The lowest BCUT2D eigenvalue weighted by Gasteiger charge is -2.44. The first kappa shape index (κ1) is 26.2. The van der Waals surface area contributed by atoms with Crippen LogP contribution in [0.25, 0.3) is 6.08 Å². The summed E-state index contributed by atoms with van der Waals surface area (Å²) >= 11 is 3.48. The van der Waals surface area contributed by atoms with Crippen LogP contribution in [-0.2, 0) is 14.2 Å². The molecule has 6 nitrogen and oxygen atoms in total. The molecule has 2 aliphatic heterocycles. The van der Waals surface area contributed by atoms with Crippen LogP contribution in [0.5, 0.6) is 5.75 Å². The highest BCUT2D eigenvalue weighted by Gasteiger charge is 2.56. The summed E-state index contributed by atoms with van der Waals surface area (Å²) in [5, 5.41) is 21.0. The van der Waals surface area contributed by atoms with Gasteiger partial charge in [-0.3, -0.25) is 14.5 Å². The summed E-state index contributed by atoms with van der Waals surface area (Å²) in [5.41, 5.74) is 4.30. The molecule has 2 heterocycles. The molecule has 0 bridgehead atoms. The van der Waals surface area contributed by atoms with Gasteiger partial charge in [-0.05, 0) is 67.6 Å². The normalized spacial score (nSPS) is 27.1. The number of allylic oxidation sites excluding steroid dienone is 2. The molecule has 4 atom stereocenters. The number of imide groups is 1. The molecule has 35 heavy (non-hydrogen) atoms. The highest BCUT2D eigenvalue weighted by Crippen LogP contribution is 2.51. The number of amides is 2. The lowest BCUT2D eigenvalue weighted by molar-refractivity contribution is -0.138. The van der Waals surface area contributed by atoms with Crippen molar-refractivity contribution in [2.24, 2.45) is 23.7 Å². The number of phenols is 1. The highest BCUT2D eigenvalue weighted by molar-refractivity contribution is 9.10. The number of carbonyl (C=O) groups is 2. The Kier molecular flexibility index (Phi) is 7.94. The van der Waals surface area contributed by atoms with Crippen molar-refractivity contribution in [2.75, 3.05) is 7.05 Å². The van der Waals surface area contributed by atoms with Gasteiger partial charge in [0.1, 0.15) is 5.75 Å². The van der Waals surface area contributed by atoms with E-state index in [9.17, 15) is 19.7 Å². The quantitative estimate of drug-likeness (QED) is 0.280. The summed E-state index contributed by atoms with van der Waals surface area (Å²) in [4.78, 5) is 27.1. The smallest absolute Gasteiger partial charge is 0.455 e. The molecule has 2 saturated heterocycles. The second kappa shape index (κ2) is 10.6. The maximum atomic E-state index is 13.0. The minimum Gasteiger partial charge on any atom is -0.507 e. The Labute approximate surface area is 216 Å². The van der Waals surface area contributed by atoms with Gasteiger partial charge in [-0.25, -0.2) is 0 Å². The molecule has 1 aliphatic carbocycles. The van der Waals surface area contributed by atoms with Gasteiger partial charge in [0.15, 0.2) is 0 Å². The largest absolute Gasteiger partial charge is 0.507 e. The molecule has 1 aromatic carbocycles. The number of aromatic hydroxyl groups is 1. The minimum absolute atomic E-state index is 0.100. The van der Waals surface area contributed by atoms with E-state index in [4.69, 9.17) is 4.65 Å². The number of rotatable bonds is 7. The molecule has 8 heteroatoms. The van der Waals surface area contributed by atoms with Crippen LogP contribution in [0.3, 0.4) is 0 Å². The van der Waals surface area contributed by atoms with Crippen LogP contribution in [-0.4, -0.2) is 47.1 Å². The van der Waals surface area contributed by atoms with Gasteiger partial charge in [0.05, 0.1) is 17.9 Å². The first-order valence-electron chi connectivity index (χ1n) is 12.7. The molecule has 4 rings (SSSR count). The average Bonchev–Trinajstić information content (AvgIpc) is 3.03. The predicted molar refractivity (Wildman–Crippen MR) is 140 cm³/mol. The van der Waals surface area contributed by atoms with Crippen molar-refractivity contribution in [1.82, 2.24) is 4.90 Å². The zero-order valence-corrected chi connectivity index (χ0v) is 22.5. The van der Waals surface area contributed by atoms with Crippen molar-refractivity contribution in [2.45, 2.75) is 65.3 Å². The van der Waals surface area contributed by atoms with Gasteiger partial charge in [-0.2, -0.15) is 0 Å². The van der Waals surface area contributed by atoms with E-state index in [1.54, 1.807) is 13.1 Å². The molecule has 188 valence electrons. The van der Waals surface area contributed by atoms with Crippen molar-refractivity contribution in [1.29, 1.82) is 0 Å². The monoisotopic (exact) mass is 543 g/mol. The summed E-state index contributed by atoms with van der Waals surface area (Å²) in [5.74, 6) is -0.675. The Bertz CT molecular complexity index is 1070. The zero-order chi connectivity index (χ0) is 25.4. The highest BCUT2D eigenvalue weighted by atomic mass is 79.9. The summed E-state index contributed by atoms with van der Waals surface area (Å²) in [7, 11) is 0.617. The van der Waals surface area contributed by atoms with E-state index in [-0.39, 0.29) is 41.4 Å². The fourth-order valence-electron chi connectivity index (χ4n) is 6.18. The molecule has 0 aromatic heterocycles. The van der Waals surface area contributed by atoms with Gasteiger partial charge in [0.25, 0.3) is 0 Å². The summed E-state index contributed by atoms with van der Waals surface area (Å²) in [6, 6.07) is 5.40. The number of hydrogen-bond donors (Lipinski definition) is 2. The lowest BCUT2D eigenvalue weighted by atomic mass is 9.57. The van der Waals surface area contributed by atoms with Gasteiger partial charge in [0, 0.05) is 17.1 Å². The molecule has 1 aromatic rings. The molecule has 0 unspecified atom stereocenters. The third-order valence-electron chi connectivity index (χ3n) is 7.81. The summed E-state index contributed by atoms with van der Waals surface area (Å²) < 4.78 is 7.00. The van der Waals surface area contributed by atoms with Crippen LogP contribution >= 0.6 is 15.9 Å². The maximum absolute atomic E-state index is 13.0. The van der Waals surface area contributed by atoms with Crippen molar-refractivity contribution in [3.63, 3.8) is 0 Å². The number of carbonyl (C=O) groups excluding carboxylic acids is 2. The number of hydrogen-bond acceptors (Lipinski definition) is 5. The SMILES string of the molecule is CCC/C(=C\c1cc(Br)ccc1O)CC[C@H]1OB(O)C[C@H]2C1=C(C(C)C)C[C@H]1C(=O)N(C)C(=O)[C@H]12. The molecule has 2 amide bonds. The zero-order valence-electron chi connectivity index (χ0n) is 21.0. The van der Waals surface area contributed by atoms with E-state index in [0.717, 1.165) is 34.9 Å². The van der Waals surface area contributed by atoms with E-state index in [1.165, 1.54) is 16.0 Å². The predicted octanol–water partition coefficient (Wildman–Crippen LogP) is 5.20. The van der Waals surface area contributed by atoms with E-state index in [1.807, 2.05) is 18.2 Å². The molecule has 2 fully saturated rings. The second-order valence-electron chi connectivity index (χ2n) is 10.4. The Morgan fingerprint density at radius 3 is 2.69 bits per heavy atom. The maximum Gasteiger partial charge on any atom is 0.455 e. The van der Waals surface area contributed by atoms with E-state index in [2.05, 4.69) is 36.7 Å². The average molecular weight is 544 g/mol. The molecule has 2 N–H and O–H groups in total. The summed E-state index contributed by atoms with van der Waals surface area (Å²) in [6.07, 6.45) is 5.97. The molecular formula is C27H35BBrNO5. The van der Waals surface area contributed by atoms with Gasteiger partial charge in [0.2, 0.25) is 11.8 Å². The number of halogens is 1. The van der Waals surface area contributed by atoms with Gasteiger partial charge >= 0.3 is 7.12 Å². The number of phenolic OH excluding ortho intramolecular Hbond substituents is 1. The van der Waals surface area contributed by atoms with Crippen LogP contribution in [0.4, 0.5) is 0 Å². The lowest BCUT2D eigenvalue weighted by Crippen LogP contribution is -2.46. The number of fused-ring (bicyclic) bond motifs is 3. The molecule has 3 aliphatic rings. The van der Waals surface area contributed by atoms with Crippen molar-refractivity contribution in [3.8, 4) is 5.75 Å². The number of nitrogens with zero attached hydrogens (tertiary/aromatic N) is 1. The van der Waals surface area contributed by atoms with Gasteiger partial charge < -0.3 is 14.8 Å². The van der Waals surface area contributed by atoms with Gasteiger partial charge in [-0.1, -0.05) is 60.3 Å². The Hall–Kier alpha value is -1.90. The Morgan fingerprint density at radius 2 is 2.00 bits per heavy atom. The van der Waals surface area contributed by atoms with Crippen molar-refractivity contribution in [3.05, 3.63) is 45.0 Å². The Balaban J connectivity index is 1.65. The van der Waals surface area contributed by atoms with Crippen LogP contribution in [0.2, 0.25) is 6.32 Å². The fraction of sp³-hybridized carbons (Fsp3) is 0.556. The van der Waals surface area contributed by atoms with Crippen LogP contribution in [0, 0.1) is 23.7 Å².